The molecular formula is C24H18Cl2N2O3. The molecule has 7 heteroatoms. The van der Waals surface area contributed by atoms with E-state index >= 15 is 0 Å². The maximum atomic E-state index is 13.6. The number of carbonyl (C=O) groups is 2. The molecule has 0 saturated carbocycles. The molecule has 0 bridgehead atoms. The second-order valence-electron chi connectivity index (χ2n) is 7.58. The number of nitrogens with zero attached hydrogens (tertiary/aromatic N) is 2. The van der Waals surface area contributed by atoms with Gasteiger partial charge in [-0.05, 0) is 48.4 Å². The summed E-state index contributed by atoms with van der Waals surface area (Å²) in [6, 6.07) is 21.3. The van der Waals surface area contributed by atoms with Gasteiger partial charge in [0.1, 0.15) is 5.92 Å². The van der Waals surface area contributed by atoms with Crippen LogP contribution in [0, 0.1) is 12.8 Å². The van der Waals surface area contributed by atoms with E-state index in [1.165, 1.54) is 4.90 Å². The molecule has 2 aliphatic heterocycles. The molecule has 31 heavy (non-hydrogen) atoms. The summed E-state index contributed by atoms with van der Waals surface area (Å²) in [7, 11) is 0. The summed E-state index contributed by atoms with van der Waals surface area (Å²) >= 11 is 12.8. The zero-order chi connectivity index (χ0) is 21.7. The summed E-state index contributed by atoms with van der Waals surface area (Å²) in [4.78, 5) is 34.3. The first-order chi connectivity index (χ1) is 15.0. The topological polar surface area (TPSA) is 49.9 Å². The first kappa shape index (κ1) is 20.1. The molecule has 156 valence electrons. The molecule has 0 aromatic heterocycles. The number of hydroxylamine groups is 1. The van der Waals surface area contributed by atoms with Crippen molar-refractivity contribution in [1.82, 2.24) is 0 Å². The average molecular weight is 453 g/mol. The lowest BCUT2D eigenvalue weighted by atomic mass is 9.90. The first-order valence-electron chi connectivity index (χ1n) is 9.87. The summed E-state index contributed by atoms with van der Waals surface area (Å²) in [6.07, 6.45) is -0.952. The van der Waals surface area contributed by atoms with Gasteiger partial charge in [0.25, 0.3) is 5.91 Å². The zero-order valence-electron chi connectivity index (χ0n) is 16.5. The van der Waals surface area contributed by atoms with E-state index in [0.29, 0.717) is 21.3 Å². The Labute approximate surface area is 189 Å². The number of rotatable bonds is 3. The predicted octanol–water partition coefficient (Wildman–Crippen LogP) is 5.35. The van der Waals surface area contributed by atoms with Crippen LogP contribution in [0.2, 0.25) is 10.0 Å². The number of amides is 2. The Kier molecular flexibility index (Phi) is 4.97. The lowest BCUT2D eigenvalue weighted by Gasteiger charge is -2.29. The molecule has 0 radical (unpaired) electrons. The van der Waals surface area contributed by atoms with E-state index < -0.39 is 24.0 Å². The van der Waals surface area contributed by atoms with Gasteiger partial charge in [-0.1, -0.05) is 65.7 Å². The second-order valence-corrected chi connectivity index (χ2v) is 8.39. The highest BCUT2D eigenvalue weighted by Crippen LogP contribution is 2.49. The van der Waals surface area contributed by atoms with Crippen LogP contribution in [0.3, 0.4) is 0 Å². The molecule has 2 amide bonds. The van der Waals surface area contributed by atoms with E-state index in [2.05, 4.69) is 0 Å². The molecule has 2 aliphatic rings. The third-order valence-electron chi connectivity index (χ3n) is 5.83. The van der Waals surface area contributed by atoms with Crippen molar-refractivity contribution in [2.45, 2.75) is 19.1 Å². The van der Waals surface area contributed by atoms with Crippen LogP contribution in [0.4, 0.5) is 11.4 Å². The average Bonchev–Trinajstić information content (AvgIpc) is 3.28. The molecule has 3 atom stereocenters. The summed E-state index contributed by atoms with van der Waals surface area (Å²) in [5.74, 6) is -1.48. The number of benzene rings is 3. The van der Waals surface area contributed by atoms with Crippen LogP contribution in [0.5, 0.6) is 0 Å². The number of imide groups is 1. The minimum Gasteiger partial charge on any atom is -0.273 e. The third kappa shape index (κ3) is 3.12. The fraction of sp³-hybridized carbons (Fsp3) is 0.167. The number of carbonyl (C=O) groups excluding carboxylic acids is 2. The van der Waals surface area contributed by atoms with E-state index in [1.807, 2.05) is 48.5 Å². The van der Waals surface area contributed by atoms with Crippen molar-refractivity contribution in [3.8, 4) is 0 Å². The van der Waals surface area contributed by atoms with Gasteiger partial charge in [-0.25, -0.2) is 9.96 Å². The number of hydrogen-bond donors (Lipinski definition) is 0. The highest BCUT2D eigenvalue weighted by molar-refractivity contribution is 6.33. The number of halogens is 2. The monoisotopic (exact) mass is 452 g/mol. The highest BCUT2D eigenvalue weighted by atomic mass is 35.5. The highest BCUT2D eigenvalue weighted by Gasteiger charge is 2.60. The van der Waals surface area contributed by atoms with Crippen LogP contribution in [0.15, 0.2) is 72.8 Å². The fourth-order valence-corrected chi connectivity index (χ4v) is 4.74. The molecule has 2 heterocycles. The van der Waals surface area contributed by atoms with Gasteiger partial charge in [-0.3, -0.25) is 14.4 Å². The second kappa shape index (κ2) is 7.68. The van der Waals surface area contributed by atoms with E-state index in [9.17, 15) is 9.59 Å². The van der Waals surface area contributed by atoms with Crippen LogP contribution in [0.1, 0.15) is 17.2 Å². The molecular weight excluding hydrogens is 435 g/mol. The summed E-state index contributed by atoms with van der Waals surface area (Å²) in [5.41, 5.74) is 2.61. The van der Waals surface area contributed by atoms with Crippen molar-refractivity contribution in [2.75, 3.05) is 9.96 Å². The van der Waals surface area contributed by atoms with E-state index in [0.717, 1.165) is 11.3 Å². The van der Waals surface area contributed by atoms with E-state index in [-0.39, 0.29) is 5.91 Å². The molecule has 0 spiro atoms. The lowest BCUT2D eigenvalue weighted by Crippen LogP contribution is -2.37. The quantitative estimate of drug-likeness (QED) is 0.502. The van der Waals surface area contributed by atoms with Crippen LogP contribution < -0.4 is 9.96 Å². The van der Waals surface area contributed by atoms with Gasteiger partial charge in [-0.15, -0.1) is 0 Å². The molecule has 2 fully saturated rings. The van der Waals surface area contributed by atoms with Crippen molar-refractivity contribution in [3.63, 3.8) is 0 Å². The minimum absolute atomic E-state index is 0.330. The summed E-state index contributed by atoms with van der Waals surface area (Å²) < 4.78 is 0. The first-order valence-corrected chi connectivity index (χ1v) is 10.6. The fourth-order valence-electron chi connectivity index (χ4n) is 4.32. The van der Waals surface area contributed by atoms with Gasteiger partial charge in [-0.2, -0.15) is 0 Å². The molecule has 5 rings (SSSR count). The van der Waals surface area contributed by atoms with Crippen molar-refractivity contribution >= 4 is 46.4 Å². The Morgan fingerprint density at radius 3 is 2.23 bits per heavy atom. The minimum atomic E-state index is -0.952. The number of hydrogen-bond acceptors (Lipinski definition) is 4. The summed E-state index contributed by atoms with van der Waals surface area (Å²) in [6.45, 7) is 1.79. The van der Waals surface area contributed by atoms with Crippen molar-refractivity contribution in [3.05, 3.63) is 94.0 Å². The van der Waals surface area contributed by atoms with Crippen LogP contribution in [0.25, 0.3) is 0 Å². The largest absolute Gasteiger partial charge is 0.273 e. The number of para-hydroxylation sites is 1. The number of anilines is 2. The van der Waals surface area contributed by atoms with Gasteiger partial charge in [0.15, 0.2) is 6.10 Å². The zero-order valence-corrected chi connectivity index (χ0v) is 18.0. The molecule has 5 nitrogen and oxygen atoms in total. The Hall–Kier alpha value is -2.86. The van der Waals surface area contributed by atoms with Gasteiger partial charge < -0.3 is 0 Å². The normalized spacial score (nSPS) is 22.9. The smallest absolute Gasteiger partial charge is 0.266 e. The SMILES string of the molecule is Cc1c(Cl)cccc1N1C(=O)[C@H]2[C@H](ON(c3ccccc3)[C@@H]2c2ccccc2Cl)C1=O. The Morgan fingerprint density at radius 2 is 1.48 bits per heavy atom. The number of fused-ring (bicyclic) bond motifs is 1. The Bertz CT molecular complexity index is 1180. The van der Waals surface area contributed by atoms with Gasteiger partial charge in [0, 0.05) is 10.0 Å². The maximum Gasteiger partial charge on any atom is 0.266 e. The van der Waals surface area contributed by atoms with Crippen LogP contribution in [-0.2, 0) is 14.4 Å². The standard InChI is InChI=1S/C24H18Cl2N2O3/c1-14-17(25)12-7-13-19(14)27-23(29)20-21(16-10-5-6-11-18(16)26)28(31-22(20)24(27)30)15-8-3-2-4-9-15/h2-13,20-22H,1H3/t20-,21-,22+/m1/s1. The lowest BCUT2D eigenvalue weighted by molar-refractivity contribution is -0.126. The van der Waals surface area contributed by atoms with Crippen LogP contribution >= 0.6 is 23.2 Å². The van der Waals surface area contributed by atoms with Crippen molar-refractivity contribution < 1.29 is 14.4 Å². The molecule has 2 saturated heterocycles. The molecule has 0 N–H and O–H groups in total. The van der Waals surface area contributed by atoms with Gasteiger partial charge in [0.2, 0.25) is 5.91 Å². The maximum absolute atomic E-state index is 13.6. The van der Waals surface area contributed by atoms with Crippen molar-refractivity contribution in [2.24, 2.45) is 5.92 Å². The molecule has 0 aliphatic carbocycles. The molecule has 0 unspecified atom stereocenters. The predicted molar refractivity (Wildman–Crippen MR) is 120 cm³/mol. The van der Waals surface area contributed by atoms with Gasteiger partial charge >= 0.3 is 0 Å². The van der Waals surface area contributed by atoms with E-state index in [4.69, 9.17) is 28.0 Å². The van der Waals surface area contributed by atoms with Gasteiger partial charge in [0.05, 0.1) is 17.4 Å². The van der Waals surface area contributed by atoms with Crippen LogP contribution in [-0.4, -0.2) is 17.9 Å². The summed E-state index contributed by atoms with van der Waals surface area (Å²) in [5, 5.41) is 2.63. The van der Waals surface area contributed by atoms with Crippen molar-refractivity contribution in [1.29, 1.82) is 0 Å². The van der Waals surface area contributed by atoms with E-state index in [1.54, 1.807) is 36.3 Å². The Balaban J connectivity index is 1.63. The Morgan fingerprint density at radius 1 is 0.806 bits per heavy atom. The third-order valence-corrected chi connectivity index (χ3v) is 6.58. The molecule has 3 aromatic rings. The molecule has 3 aromatic carbocycles.